The number of halogens is 2. The lowest BCUT2D eigenvalue weighted by molar-refractivity contribution is -0.119. The van der Waals surface area contributed by atoms with Gasteiger partial charge in [-0.1, -0.05) is 0 Å². The van der Waals surface area contributed by atoms with Crippen LogP contribution in [-0.2, 0) is 16.6 Å². The highest BCUT2D eigenvalue weighted by Gasteiger charge is 2.13. The summed E-state index contributed by atoms with van der Waals surface area (Å²) in [5, 5.41) is 5.84. The number of carbonyl (C=O) groups is 2. The van der Waals surface area contributed by atoms with Crippen molar-refractivity contribution in [2.75, 3.05) is 11.9 Å². The molecule has 0 saturated heterocycles. The largest absolute Gasteiger partial charge is 0.451 e. The second-order valence-corrected chi connectivity index (χ2v) is 4.46. The molecule has 1 aromatic carbocycles. The number of benzene rings is 1. The molecule has 1 aromatic heterocycles. The highest BCUT2D eigenvalue weighted by Crippen LogP contribution is 2.12. The molecule has 0 saturated carbocycles. The molecule has 9 heteroatoms. The maximum absolute atomic E-state index is 13.0. The number of hydrogen-bond acceptors (Lipinski definition) is 5. The molecule has 2 rings (SSSR count). The third kappa shape index (κ3) is 4.43. The molecule has 0 spiro atoms. The summed E-state index contributed by atoms with van der Waals surface area (Å²) >= 11 is 0. The van der Waals surface area contributed by atoms with Gasteiger partial charge in [0.05, 0.1) is 0 Å². The van der Waals surface area contributed by atoms with Crippen LogP contribution in [0.5, 0.6) is 0 Å². The number of ether oxygens (including phenoxy) is 1. The Labute approximate surface area is 128 Å². The number of anilines is 1. The molecule has 23 heavy (non-hydrogen) atoms. The predicted octanol–water partition coefficient (Wildman–Crippen LogP) is 0.854. The van der Waals surface area contributed by atoms with Crippen LogP contribution in [0.15, 0.2) is 35.1 Å². The fourth-order valence-electron chi connectivity index (χ4n) is 1.64. The molecule has 0 fully saturated rings. The maximum atomic E-state index is 13.0. The maximum Gasteiger partial charge on any atom is 0.359 e. The molecule has 0 aliphatic rings. The van der Waals surface area contributed by atoms with E-state index < -0.39 is 35.7 Å². The van der Waals surface area contributed by atoms with Crippen LogP contribution in [-0.4, -0.2) is 28.3 Å². The molecule has 7 nitrogen and oxygen atoms in total. The van der Waals surface area contributed by atoms with Crippen LogP contribution >= 0.6 is 0 Å². The first kappa shape index (κ1) is 16.3. The standard InChI is InChI=1S/C14H11F2N3O4/c1-19-13(21)3-2-11(18-19)14(22)23-7-12(20)17-10-5-8(15)4-9(16)6-10/h2-6H,7H2,1H3,(H,17,20). The van der Waals surface area contributed by atoms with Crippen LogP contribution in [0, 0.1) is 11.6 Å². The predicted molar refractivity (Wildman–Crippen MR) is 74.7 cm³/mol. The molecule has 1 amide bonds. The summed E-state index contributed by atoms with van der Waals surface area (Å²) in [5.74, 6) is -3.41. The molecule has 2 aromatic rings. The van der Waals surface area contributed by atoms with E-state index >= 15 is 0 Å². The van der Waals surface area contributed by atoms with Crippen LogP contribution in [0.2, 0.25) is 0 Å². The lowest BCUT2D eigenvalue weighted by Gasteiger charge is -2.07. The summed E-state index contributed by atoms with van der Waals surface area (Å²) in [4.78, 5) is 34.4. The highest BCUT2D eigenvalue weighted by atomic mass is 19.1. The van der Waals surface area contributed by atoms with E-state index in [1.165, 1.54) is 7.05 Å². The highest BCUT2D eigenvalue weighted by molar-refractivity contribution is 5.94. The van der Waals surface area contributed by atoms with Gasteiger partial charge in [-0.25, -0.2) is 18.3 Å². The lowest BCUT2D eigenvalue weighted by Crippen LogP contribution is -2.24. The number of rotatable bonds is 4. The van der Waals surface area contributed by atoms with Gasteiger partial charge in [-0.15, -0.1) is 0 Å². The smallest absolute Gasteiger partial charge is 0.359 e. The topological polar surface area (TPSA) is 90.3 Å². The zero-order valence-electron chi connectivity index (χ0n) is 11.9. The SMILES string of the molecule is Cn1nc(C(=O)OCC(=O)Nc2cc(F)cc(F)c2)ccc1=O. The van der Waals surface area contributed by atoms with Crippen molar-refractivity contribution in [2.24, 2.45) is 7.05 Å². The van der Waals surface area contributed by atoms with Gasteiger partial charge in [0.25, 0.3) is 11.5 Å². The molecule has 0 bridgehead atoms. The molecular formula is C14H11F2N3O4. The van der Waals surface area contributed by atoms with E-state index in [0.717, 1.165) is 28.9 Å². The molecule has 0 aliphatic heterocycles. The quantitative estimate of drug-likeness (QED) is 0.843. The van der Waals surface area contributed by atoms with Crippen molar-refractivity contribution in [1.29, 1.82) is 0 Å². The van der Waals surface area contributed by atoms with E-state index in [1.807, 2.05) is 0 Å². The summed E-state index contributed by atoms with van der Waals surface area (Å²) in [6.07, 6.45) is 0. The van der Waals surface area contributed by atoms with Crippen molar-refractivity contribution >= 4 is 17.6 Å². The molecule has 120 valence electrons. The number of esters is 1. The Hall–Kier alpha value is -3.10. The summed E-state index contributed by atoms with van der Waals surface area (Å²) in [5.41, 5.74) is -0.673. The van der Waals surface area contributed by atoms with E-state index in [0.29, 0.717) is 6.07 Å². The van der Waals surface area contributed by atoms with Gasteiger partial charge in [-0.3, -0.25) is 9.59 Å². The van der Waals surface area contributed by atoms with Crippen molar-refractivity contribution in [2.45, 2.75) is 0 Å². The van der Waals surface area contributed by atoms with E-state index in [-0.39, 0.29) is 11.4 Å². The van der Waals surface area contributed by atoms with Gasteiger partial charge in [0.1, 0.15) is 11.6 Å². The van der Waals surface area contributed by atoms with Crippen molar-refractivity contribution in [1.82, 2.24) is 9.78 Å². The van der Waals surface area contributed by atoms with Crippen molar-refractivity contribution in [3.05, 3.63) is 58.0 Å². The van der Waals surface area contributed by atoms with E-state index in [2.05, 4.69) is 10.4 Å². The van der Waals surface area contributed by atoms with Crippen LogP contribution < -0.4 is 10.9 Å². The van der Waals surface area contributed by atoms with Crippen molar-refractivity contribution in [3.63, 3.8) is 0 Å². The summed E-state index contributed by atoms with van der Waals surface area (Å²) in [6, 6.07) is 4.76. The van der Waals surface area contributed by atoms with Crippen molar-refractivity contribution in [3.8, 4) is 0 Å². The Morgan fingerprint density at radius 1 is 1.22 bits per heavy atom. The lowest BCUT2D eigenvalue weighted by atomic mass is 10.3. The number of nitrogens with zero attached hydrogens (tertiary/aromatic N) is 2. The fourth-order valence-corrected chi connectivity index (χ4v) is 1.64. The van der Waals surface area contributed by atoms with Crippen LogP contribution in [0.3, 0.4) is 0 Å². The first-order chi connectivity index (χ1) is 10.8. The number of amides is 1. The number of aromatic nitrogens is 2. The molecule has 0 aliphatic carbocycles. The first-order valence-electron chi connectivity index (χ1n) is 6.32. The Morgan fingerprint density at radius 2 is 1.87 bits per heavy atom. The number of aryl methyl sites for hydroxylation is 1. The monoisotopic (exact) mass is 323 g/mol. The van der Waals surface area contributed by atoms with Crippen LogP contribution in [0.1, 0.15) is 10.5 Å². The first-order valence-corrected chi connectivity index (χ1v) is 6.32. The Morgan fingerprint density at radius 3 is 2.48 bits per heavy atom. The van der Waals surface area contributed by atoms with Crippen LogP contribution in [0.25, 0.3) is 0 Å². The van der Waals surface area contributed by atoms with Gasteiger partial charge in [0.15, 0.2) is 12.3 Å². The second-order valence-electron chi connectivity index (χ2n) is 4.46. The molecule has 0 atom stereocenters. The minimum absolute atomic E-state index is 0.108. The van der Waals surface area contributed by atoms with Crippen LogP contribution in [0.4, 0.5) is 14.5 Å². The summed E-state index contributed by atoms with van der Waals surface area (Å²) < 4.78 is 31.6. The van der Waals surface area contributed by atoms with E-state index in [4.69, 9.17) is 4.74 Å². The number of carbonyl (C=O) groups excluding carboxylic acids is 2. The Kier molecular flexibility index (Phi) is 4.79. The Bertz CT molecular complexity index is 800. The van der Waals surface area contributed by atoms with Crippen molar-refractivity contribution < 1.29 is 23.1 Å². The fraction of sp³-hybridized carbons (Fsp3) is 0.143. The Balaban J connectivity index is 1.94. The van der Waals surface area contributed by atoms with E-state index in [9.17, 15) is 23.2 Å². The summed E-state index contributed by atoms with van der Waals surface area (Å²) in [6.45, 7) is -0.679. The molecular weight excluding hydrogens is 312 g/mol. The number of hydrogen-bond donors (Lipinski definition) is 1. The van der Waals surface area contributed by atoms with Gasteiger partial charge < -0.3 is 10.1 Å². The minimum Gasteiger partial charge on any atom is -0.451 e. The van der Waals surface area contributed by atoms with Gasteiger partial charge >= 0.3 is 5.97 Å². The molecule has 1 N–H and O–H groups in total. The van der Waals surface area contributed by atoms with Gasteiger partial charge in [-0.2, -0.15) is 5.10 Å². The normalized spacial score (nSPS) is 10.2. The summed E-state index contributed by atoms with van der Waals surface area (Å²) in [7, 11) is 1.35. The van der Waals surface area contributed by atoms with Gasteiger partial charge in [0, 0.05) is 24.9 Å². The molecule has 0 unspecified atom stereocenters. The average molecular weight is 323 g/mol. The van der Waals surface area contributed by atoms with E-state index in [1.54, 1.807) is 0 Å². The third-order valence-electron chi connectivity index (χ3n) is 2.65. The average Bonchev–Trinajstić information content (AvgIpc) is 2.46. The third-order valence-corrected chi connectivity index (χ3v) is 2.65. The molecule has 1 heterocycles. The number of nitrogens with one attached hydrogen (secondary N) is 1. The second kappa shape index (κ2) is 6.77. The van der Waals surface area contributed by atoms with Gasteiger partial charge in [-0.05, 0) is 18.2 Å². The molecule has 0 radical (unpaired) electrons. The minimum atomic E-state index is -0.916. The van der Waals surface area contributed by atoms with Gasteiger partial charge in [0.2, 0.25) is 0 Å². The zero-order valence-corrected chi connectivity index (χ0v) is 11.9. The zero-order chi connectivity index (χ0) is 17.0.